The molecule has 5 nitrogen and oxygen atoms in total. The van der Waals surface area contributed by atoms with Crippen molar-refractivity contribution in [1.29, 1.82) is 0 Å². The van der Waals surface area contributed by atoms with E-state index < -0.39 is 5.54 Å². The van der Waals surface area contributed by atoms with Gasteiger partial charge in [-0.05, 0) is 48.2 Å². The van der Waals surface area contributed by atoms with Gasteiger partial charge in [-0.25, -0.2) is 4.79 Å². The lowest BCUT2D eigenvalue weighted by Crippen LogP contribution is -2.42. The smallest absolute Gasteiger partial charge is 0.325 e. The SMILES string of the molecule is O=C1N[C@]2(CCc3ccccc32)C(=O)N1CCOc1ccc(Cl)cc1. The zero-order valence-corrected chi connectivity index (χ0v) is 14.3. The van der Waals surface area contributed by atoms with Gasteiger partial charge in [0.25, 0.3) is 5.91 Å². The lowest BCUT2D eigenvalue weighted by Gasteiger charge is -2.22. The lowest BCUT2D eigenvalue weighted by molar-refractivity contribution is -0.131. The molecule has 0 unspecified atom stereocenters. The van der Waals surface area contributed by atoms with Crippen molar-refractivity contribution in [3.05, 3.63) is 64.7 Å². The van der Waals surface area contributed by atoms with Gasteiger partial charge in [-0.3, -0.25) is 9.69 Å². The maximum atomic E-state index is 13.0. The standard InChI is InChI=1S/C19H17ClN2O3/c20-14-5-7-15(8-6-14)25-12-11-22-17(23)19(21-18(22)24)10-9-13-3-1-2-4-16(13)19/h1-8H,9-12H2,(H,21,24)/t19-/m0/s1. The second-order valence-electron chi connectivity index (χ2n) is 6.25. The van der Waals surface area contributed by atoms with Crippen LogP contribution in [0.3, 0.4) is 0 Å². The Hall–Kier alpha value is -2.53. The molecule has 1 spiro atoms. The van der Waals surface area contributed by atoms with E-state index in [0.29, 0.717) is 17.2 Å². The summed E-state index contributed by atoms with van der Waals surface area (Å²) in [7, 11) is 0. The van der Waals surface area contributed by atoms with Crippen LogP contribution in [0.2, 0.25) is 5.02 Å². The van der Waals surface area contributed by atoms with Crippen molar-refractivity contribution >= 4 is 23.5 Å². The molecular weight excluding hydrogens is 340 g/mol. The molecule has 25 heavy (non-hydrogen) atoms. The molecule has 1 heterocycles. The Morgan fingerprint density at radius 1 is 1.12 bits per heavy atom. The quantitative estimate of drug-likeness (QED) is 0.856. The first kappa shape index (κ1) is 16.0. The number of imide groups is 1. The first-order valence-corrected chi connectivity index (χ1v) is 8.59. The van der Waals surface area contributed by atoms with Crippen molar-refractivity contribution in [2.45, 2.75) is 18.4 Å². The summed E-state index contributed by atoms with van der Waals surface area (Å²) in [5.41, 5.74) is 1.12. The highest BCUT2D eigenvalue weighted by molar-refractivity contribution is 6.30. The average Bonchev–Trinajstić information content (AvgIpc) is 3.10. The fourth-order valence-corrected chi connectivity index (χ4v) is 3.70. The number of hydrogen-bond donors (Lipinski definition) is 1. The van der Waals surface area contributed by atoms with Crippen LogP contribution in [0.5, 0.6) is 5.75 Å². The van der Waals surface area contributed by atoms with E-state index >= 15 is 0 Å². The van der Waals surface area contributed by atoms with E-state index in [1.54, 1.807) is 24.3 Å². The van der Waals surface area contributed by atoms with E-state index in [1.807, 2.05) is 24.3 Å². The predicted octanol–water partition coefficient (Wildman–Crippen LogP) is 3.11. The first-order chi connectivity index (χ1) is 12.1. The van der Waals surface area contributed by atoms with Crippen LogP contribution in [0.15, 0.2) is 48.5 Å². The van der Waals surface area contributed by atoms with Gasteiger partial charge >= 0.3 is 6.03 Å². The number of carbonyl (C=O) groups excluding carboxylic acids is 2. The summed E-state index contributed by atoms with van der Waals surface area (Å²) < 4.78 is 5.61. The van der Waals surface area contributed by atoms with Gasteiger partial charge in [-0.15, -0.1) is 0 Å². The zero-order chi connectivity index (χ0) is 17.4. The van der Waals surface area contributed by atoms with Crippen LogP contribution in [0.25, 0.3) is 0 Å². The minimum absolute atomic E-state index is 0.192. The molecule has 2 aromatic rings. The highest BCUT2D eigenvalue weighted by atomic mass is 35.5. The molecule has 2 aromatic carbocycles. The van der Waals surface area contributed by atoms with Crippen LogP contribution in [0.4, 0.5) is 4.79 Å². The number of fused-ring (bicyclic) bond motifs is 2. The average molecular weight is 357 g/mol. The summed E-state index contributed by atoms with van der Waals surface area (Å²) in [5, 5.41) is 3.53. The lowest BCUT2D eigenvalue weighted by atomic mass is 9.92. The van der Waals surface area contributed by atoms with Crippen molar-refractivity contribution in [3.63, 3.8) is 0 Å². The summed E-state index contributed by atoms with van der Waals surface area (Å²) >= 11 is 5.84. The second kappa shape index (κ2) is 6.08. The Morgan fingerprint density at radius 2 is 1.88 bits per heavy atom. The third-order valence-electron chi connectivity index (χ3n) is 4.82. The van der Waals surface area contributed by atoms with E-state index in [1.165, 1.54) is 4.90 Å². The molecule has 3 amide bonds. The number of halogens is 1. The summed E-state index contributed by atoms with van der Waals surface area (Å²) in [5.74, 6) is 0.458. The van der Waals surface area contributed by atoms with Crippen LogP contribution in [0.1, 0.15) is 17.5 Å². The highest BCUT2D eigenvalue weighted by Crippen LogP contribution is 2.41. The van der Waals surface area contributed by atoms with Crippen LogP contribution in [-0.2, 0) is 16.8 Å². The molecule has 4 rings (SSSR count). The predicted molar refractivity (Wildman–Crippen MR) is 93.6 cm³/mol. The number of nitrogens with one attached hydrogen (secondary N) is 1. The number of ether oxygens (including phenoxy) is 1. The number of benzene rings is 2. The molecular formula is C19H17ClN2O3. The fourth-order valence-electron chi connectivity index (χ4n) is 3.58. The number of urea groups is 1. The Kier molecular flexibility index (Phi) is 3.88. The van der Waals surface area contributed by atoms with E-state index in [4.69, 9.17) is 16.3 Å². The largest absolute Gasteiger partial charge is 0.492 e. The van der Waals surface area contributed by atoms with Crippen molar-refractivity contribution < 1.29 is 14.3 Å². The molecule has 6 heteroatoms. The van der Waals surface area contributed by atoms with Gasteiger partial charge in [0.15, 0.2) is 0 Å². The normalized spacial score (nSPS) is 21.6. The van der Waals surface area contributed by atoms with E-state index in [2.05, 4.69) is 5.32 Å². The molecule has 1 saturated heterocycles. The van der Waals surface area contributed by atoms with Gasteiger partial charge < -0.3 is 10.1 Å². The molecule has 1 fully saturated rings. The molecule has 0 aromatic heterocycles. The number of nitrogens with zero attached hydrogens (tertiary/aromatic N) is 1. The minimum Gasteiger partial charge on any atom is -0.492 e. The summed E-state index contributed by atoms with van der Waals surface area (Å²) in [4.78, 5) is 26.6. The van der Waals surface area contributed by atoms with Gasteiger partial charge in [0.2, 0.25) is 0 Å². The number of carbonyl (C=O) groups is 2. The van der Waals surface area contributed by atoms with Crippen LogP contribution >= 0.6 is 11.6 Å². The molecule has 0 radical (unpaired) electrons. The Morgan fingerprint density at radius 3 is 2.68 bits per heavy atom. The molecule has 1 aliphatic heterocycles. The minimum atomic E-state index is -0.909. The molecule has 1 N–H and O–H groups in total. The Balaban J connectivity index is 1.46. The van der Waals surface area contributed by atoms with Gasteiger partial charge in [0, 0.05) is 5.02 Å². The van der Waals surface area contributed by atoms with Crippen molar-refractivity contribution in [2.75, 3.05) is 13.2 Å². The van der Waals surface area contributed by atoms with Crippen molar-refractivity contribution in [2.24, 2.45) is 0 Å². The van der Waals surface area contributed by atoms with Crippen LogP contribution in [0, 0.1) is 0 Å². The van der Waals surface area contributed by atoms with E-state index in [-0.39, 0.29) is 25.1 Å². The highest BCUT2D eigenvalue weighted by Gasteiger charge is 2.54. The fraction of sp³-hybridized carbons (Fsp3) is 0.263. The van der Waals surface area contributed by atoms with Crippen LogP contribution in [-0.4, -0.2) is 30.0 Å². The maximum Gasteiger partial charge on any atom is 0.325 e. The summed E-state index contributed by atoms with van der Waals surface area (Å²) in [6, 6.07) is 14.4. The molecule has 128 valence electrons. The molecule has 0 saturated carbocycles. The topological polar surface area (TPSA) is 58.6 Å². The molecule has 1 aliphatic carbocycles. The number of hydrogen-bond acceptors (Lipinski definition) is 3. The maximum absolute atomic E-state index is 13.0. The number of aryl methyl sites for hydroxylation is 1. The van der Waals surface area contributed by atoms with Gasteiger partial charge in [-0.1, -0.05) is 35.9 Å². The van der Waals surface area contributed by atoms with Crippen molar-refractivity contribution in [1.82, 2.24) is 10.2 Å². The Bertz CT molecular complexity index is 837. The third-order valence-corrected chi connectivity index (χ3v) is 5.07. The van der Waals surface area contributed by atoms with Crippen molar-refractivity contribution in [3.8, 4) is 5.75 Å². The number of rotatable bonds is 4. The summed E-state index contributed by atoms with van der Waals surface area (Å²) in [6.45, 7) is 0.440. The summed E-state index contributed by atoms with van der Waals surface area (Å²) in [6.07, 6.45) is 1.39. The van der Waals surface area contributed by atoms with E-state index in [9.17, 15) is 9.59 Å². The third kappa shape index (κ3) is 2.65. The number of amides is 3. The second-order valence-corrected chi connectivity index (χ2v) is 6.69. The van der Waals surface area contributed by atoms with E-state index in [0.717, 1.165) is 17.5 Å². The Labute approximate surface area is 150 Å². The van der Waals surface area contributed by atoms with Gasteiger partial charge in [0.05, 0.1) is 6.54 Å². The monoisotopic (exact) mass is 356 g/mol. The van der Waals surface area contributed by atoms with Crippen LogP contribution < -0.4 is 10.1 Å². The van der Waals surface area contributed by atoms with Gasteiger partial charge in [0.1, 0.15) is 17.9 Å². The molecule has 0 bridgehead atoms. The first-order valence-electron chi connectivity index (χ1n) is 8.21. The molecule has 1 atom stereocenters. The zero-order valence-electron chi connectivity index (χ0n) is 13.5. The van der Waals surface area contributed by atoms with Gasteiger partial charge in [-0.2, -0.15) is 0 Å². The molecule has 2 aliphatic rings.